The standard InChI is InChI=1S/C5H6N3O/c1-8-3-4(2-6)7-5(8)9/h3-4H,1H3,(H,7,9). The number of nitrogens with zero attached hydrogens (tertiary/aromatic N) is 2. The van der Waals surface area contributed by atoms with Crippen LogP contribution in [0.25, 0.3) is 0 Å². The third-order valence-electron chi connectivity index (χ3n) is 1.11. The van der Waals surface area contributed by atoms with E-state index in [1.165, 1.54) is 11.4 Å². The van der Waals surface area contributed by atoms with Crippen LogP contribution in [0.3, 0.4) is 0 Å². The maximum Gasteiger partial charge on any atom is 0.318 e. The van der Waals surface area contributed by atoms with Crippen molar-refractivity contribution in [2.24, 2.45) is 0 Å². The Bertz CT molecular complexity index is 172. The van der Waals surface area contributed by atoms with Gasteiger partial charge in [0.05, 0.1) is 12.6 Å². The number of hydrogen-bond acceptors (Lipinski definition) is 2. The van der Waals surface area contributed by atoms with Crippen LogP contribution in [0, 0.1) is 17.9 Å². The second-order valence-corrected chi connectivity index (χ2v) is 1.82. The number of hydrogen-bond donors (Lipinski definition) is 1. The molecule has 1 radical (unpaired) electrons. The lowest BCUT2D eigenvalue weighted by Crippen LogP contribution is -2.25. The summed E-state index contributed by atoms with van der Waals surface area (Å²) in [4.78, 5) is 11.9. The van der Waals surface area contributed by atoms with Gasteiger partial charge in [0.15, 0.2) is 0 Å². The Morgan fingerprint density at radius 3 is 2.89 bits per heavy atom. The summed E-state index contributed by atoms with van der Waals surface area (Å²) in [6.07, 6.45) is 0. The molecule has 1 aliphatic heterocycles. The van der Waals surface area contributed by atoms with E-state index < -0.39 is 6.04 Å². The summed E-state index contributed by atoms with van der Waals surface area (Å²) < 4.78 is 0. The van der Waals surface area contributed by atoms with E-state index in [0.717, 1.165) is 0 Å². The number of carbonyl (C=O) groups is 1. The number of likely N-dealkylation sites (N-methyl/N-ethyl adjacent to an activating group) is 1. The molecule has 1 atom stereocenters. The van der Waals surface area contributed by atoms with Gasteiger partial charge in [0.25, 0.3) is 0 Å². The van der Waals surface area contributed by atoms with Crippen molar-refractivity contribution in [2.75, 3.05) is 7.05 Å². The van der Waals surface area contributed by atoms with Gasteiger partial charge >= 0.3 is 6.03 Å². The molecule has 1 N–H and O–H groups in total. The molecular formula is C5H6N3O. The van der Waals surface area contributed by atoms with Gasteiger partial charge in [-0.1, -0.05) is 0 Å². The van der Waals surface area contributed by atoms with Gasteiger partial charge in [-0.25, -0.2) is 4.79 Å². The average Bonchev–Trinajstić information content (AvgIpc) is 2.13. The summed E-state index contributed by atoms with van der Waals surface area (Å²) in [5.74, 6) is 0. The Morgan fingerprint density at radius 2 is 2.67 bits per heavy atom. The number of carbonyl (C=O) groups excluding carboxylic acids is 1. The van der Waals surface area contributed by atoms with Crippen LogP contribution in [0.1, 0.15) is 0 Å². The lowest BCUT2D eigenvalue weighted by Gasteiger charge is -2.00. The fraction of sp³-hybridized carbons (Fsp3) is 0.400. The molecule has 4 nitrogen and oxygen atoms in total. The maximum atomic E-state index is 10.6. The van der Waals surface area contributed by atoms with Gasteiger partial charge in [-0.05, 0) is 0 Å². The highest BCUT2D eigenvalue weighted by molar-refractivity contribution is 5.78. The molecule has 1 saturated heterocycles. The zero-order chi connectivity index (χ0) is 6.85. The lowest BCUT2D eigenvalue weighted by atomic mass is 10.4. The van der Waals surface area contributed by atoms with Crippen molar-refractivity contribution in [3.8, 4) is 6.07 Å². The second-order valence-electron chi connectivity index (χ2n) is 1.82. The van der Waals surface area contributed by atoms with Crippen LogP contribution < -0.4 is 5.32 Å². The lowest BCUT2D eigenvalue weighted by molar-refractivity contribution is 0.229. The first-order valence-corrected chi connectivity index (χ1v) is 2.52. The van der Waals surface area contributed by atoms with E-state index in [4.69, 9.17) is 5.26 Å². The molecule has 1 aliphatic rings. The first-order valence-electron chi connectivity index (χ1n) is 2.52. The zero-order valence-corrected chi connectivity index (χ0v) is 4.96. The Hall–Kier alpha value is -1.24. The Balaban J connectivity index is 2.57. The summed E-state index contributed by atoms with van der Waals surface area (Å²) in [5.41, 5.74) is 0. The molecule has 0 aliphatic carbocycles. The Kier molecular flexibility index (Phi) is 1.27. The molecule has 1 fully saturated rings. The van der Waals surface area contributed by atoms with Crippen LogP contribution in [-0.4, -0.2) is 24.0 Å². The topological polar surface area (TPSA) is 56.1 Å². The molecular weight excluding hydrogens is 118 g/mol. The highest BCUT2D eigenvalue weighted by atomic mass is 16.2. The van der Waals surface area contributed by atoms with Crippen LogP contribution in [0.5, 0.6) is 0 Å². The van der Waals surface area contributed by atoms with Crippen LogP contribution >= 0.6 is 0 Å². The van der Waals surface area contributed by atoms with Gasteiger partial charge in [-0.3, -0.25) is 0 Å². The van der Waals surface area contributed by atoms with Crippen LogP contribution in [0.4, 0.5) is 4.79 Å². The number of rotatable bonds is 0. The molecule has 0 saturated carbocycles. The molecule has 1 unspecified atom stereocenters. The summed E-state index contributed by atoms with van der Waals surface area (Å²) in [6.45, 7) is 1.53. The minimum Gasteiger partial charge on any atom is -0.320 e. The highest BCUT2D eigenvalue weighted by Gasteiger charge is 2.25. The predicted octanol–water partition coefficient (Wildman–Crippen LogP) is -0.305. The minimum absolute atomic E-state index is 0.221. The predicted molar refractivity (Wildman–Crippen MR) is 30.0 cm³/mol. The van der Waals surface area contributed by atoms with Crippen molar-refractivity contribution in [3.63, 3.8) is 0 Å². The fourth-order valence-electron chi connectivity index (χ4n) is 0.629. The summed E-state index contributed by atoms with van der Waals surface area (Å²) in [6, 6.07) is 1.23. The molecule has 0 aromatic rings. The van der Waals surface area contributed by atoms with Gasteiger partial charge in [-0.2, -0.15) is 5.26 Å². The van der Waals surface area contributed by atoms with Gasteiger partial charge in [0, 0.05) is 7.05 Å². The molecule has 2 amide bonds. The number of amides is 2. The number of nitrogens with one attached hydrogen (secondary N) is 1. The van der Waals surface area contributed by atoms with Gasteiger partial charge < -0.3 is 10.2 Å². The van der Waals surface area contributed by atoms with Crippen molar-refractivity contribution < 1.29 is 4.79 Å². The molecule has 0 spiro atoms. The van der Waals surface area contributed by atoms with E-state index >= 15 is 0 Å². The Morgan fingerprint density at radius 1 is 2.00 bits per heavy atom. The molecule has 1 rings (SSSR count). The highest BCUT2D eigenvalue weighted by Crippen LogP contribution is 2.03. The van der Waals surface area contributed by atoms with E-state index in [9.17, 15) is 4.79 Å². The first-order chi connectivity index (χ1) is 4.24. The molecule has 0 bridgehead atoms. The van der Waals surface area contributed by atoms with E-state index in [2.05, 4.69) is 5.32 Å². The van der Waals surface area contributed by atoms with E-state index in [1.54, 1.807) is 7.05 Å². The molecule has 47 valence electrons. The quantitative estimate of drug-likeness (QED) is 0.481. The zero-order valence-electron chi connectivity index (χ0n) is 4.96. The molecule has 1 heterocycles. The monoisotopic (exact) mass is 124 g/mol. The third-order valence-corrected chi connectivity index (χ3v) is 1.11. The van der Waals surface area contributed by atoms with Crippen molar-refractivity contribution in [1.82, 2.24) is 10.2 Å². The smallest absolute Gasteiger partial charge is 0.318 e. The number of nitriles is 1. The number of urea groups is 1. The summed E-state index contributed by atoms with van der Waals surface area (Å²) >= 11 is 0. The third kappa shape index (κ3) is 0.941. The summed E-state index contributed by atoms with van der Waals surface area (Å²) in [5, 5.41) is 10.7. The SMILES string of the molecule is CN1[CH]C(C#N)NC1=O. The Labute approximate surface area is 53.1 Å². The van der Waals surface area contributed by atoms with Crippen molar-refractivity contribution in [3.05, 3.63) is 6.54 Å². The summed E-state index contributed by atoms with van der Waals surface area (Å²) in [7, 11) is 1.60. The molecule has 4 heteroatoms. The van der Waals surface area contributed by atoms with Gasteiger partial charge in [0.2, 0.25) is 0 Å². The fourth-order valence-corrected chi connectivity index (χ4v) is 0.629. The van der Waals surface area contributed by atoms with E-state index in [-0.39, 0.29) is 6.03 Å². The first kappa shape index (κ1) is 5.89. The molecule has 9 heavy (non-hydrogen) atoms. The van der Waals surface area contributed by atoms with Crippen molar-refractivity contribution in [1.29, 1.82) is 5.26 Å². The van der Waals surface area contributed by atoms with Crippen molar-refractivity contribution in [2.45, 2.75) is 6.04 Å². The largest absolute Gasteiger partial charge is 0.320 e. The molecule has 0 aromatic heterocycles. The van der Waals surface area contributed by atoms with Crippen LogP contribution in [-0.2, 0) is 0 Å². The van der Waals surface area contributed by atoms with Crippen molar-refractivity contribution >= 4 is 6.03 Å². The van der Waals surface area contributed by atoms with Crippen LogP contribution in [0.2, 0.25) is 0 Å². The van der Waals surface area contributed by atoms with Gasteiger partial charge in [0.1, 0.15) is 6.04 Å². The maximum absolute atomic E-state index is 10.6. The average molecular weight is 124 g/mol. The second kappa shape index (κ2) is 1.94. The van der Waals surface area contributed by atoms with Crippen LogP contribution in [0.15, 0.2) is 0 Å². The van der Waals surface area contributed by atoms with Gasteiger partial charge in [-0.15, -0.1) is 0 Å². The normalized spacial score (nSPS) is 25.6. The molecule has 0 aromatic carbocycles. The van der Waals surface area contributed by atoms with E-state index in [1.807, 2.05) is 6.07 Å². The van der Waals surface area contributed by atoms with E-state index in [0.29, 0.717) is 0 Å². The minimum atomic E-state index is -0.442.